The minimum absolute atomic E-state index is 0.112. The van der Waals surface area contributed by atoms with Crippen LogP contribution in [0.2, 0.25) is 0 Å². The molecule has 22 heteroatoms. The van der Waals surface area contributed by atoms with Crippen molar-refractivity contribution in [3.05, 3.63) is 132 Å². The lowest BCUT2D eigenvalue weighted by molar-refractivity contribution is -0.130. The van der Waals surface area contributed by atoms with E-state index in [2.05, 4.69) is 40.8 Å². The first kappa shape index (κ1) is 43.2. The number of nitrogens with zero attached hydrogens (tertiary/aromatic N) is 9. The number of fused-ring (bicyclic) bond motifs is 1. The van der Waals surface area contributed by atoms with Crippen LogP contribution < -0.4 is 10.7 Å². The number of carboxylic acid groups (broad SMARTS) is 1. The normalized spacial score (nSPS) is 15.0. The number of aliphatic carboxylic acids is 1. The van der Waals surface area contributed by atoms with Gasteiger partial charge in [-0.1, -0.05) is 18.2 Å². The molecule has 1 amide bonds. The first-order valence-corrected chi connectivity index (χ1v) is 21.1. The highest BCUT2D eigenvalue weighted by atomic mass is 32.2. The van der Waals surface area contributed by atoms with Crippen LogP contribution in [0.3, 0.4) is 0 Å². The van der Waals surface area contributed by atoms with Crippen LogP contribution in [0, 0.1) is 13.8 Å². The third-order valence-corrected chi connectivity index (χ3v) is 11.1. The van der Waals surface area contributed by atoms with Crippen molar-refractivity contribution in [2.24, 2.45) is 40.8 Å². The Hall–Kier alpha value is -7.92. The fourth-order valence-corrected chi connectivity index (χ4v) is 7.63. The minimum atomic E-state index is -4.83. The Bertz CT molecular complexity index is 3240. The molecule has 0 bridgehead atoms. The zero-order valence-electron chi connectivity index (χ0n) is 32.7. The van der Waals surface area contributed by atoms with Crippen LogP contribution in [0.15, 0.2) is 166 Å². The molecule has 318 valence electrons. The predicted molar refractivity (Wildman–Crippen MR) is 231 cm³/mol. The summed E-state index contributed by atoms with van der Waals surface area (Å²) in [5.74, 6) is -2.47. The molecule has 0 saturated carbocycles. The summed E-state index contributed by atoms with van der Waals surface area (Å²) < 4.78 is 67.8. The van der Waals surface area contributed by atoms with Crippen molar-refractivity contribution in [3.8, 4) is 0 Å². The van der Waals surface area contributed by atoms with Gasteiger partial charge in [0.05, 0.1) is 39.8 Å². The fourth-order valence-electron chi connectivity index (χ4n) is 6.20. The number of nitrogen functional groups attached to an aromatic ring is 1. The van der Waals surface area contributed by atoms with Crippen LogP contribution in [-0.2, 0) is 29.8 Å². The Morgan fingerprint density at radius 2 is 1.25 bits per heavy atom. The van der Waals surface area contributed by atoms with Crippen LogP contribution >= 0.6 is 0 Å². The highest BCUT2D eigenvalue weighted by Gasteiger charge is 2.41. The lowest BCUT2D eigenvalue weighted by Gasteiger charge is -2.12. The molecule has 0 aromatic heterocycles. The molecule has 0 saturated heterocycles. The van der Waals surface area contributed by atoms with Crippen molar-refractivity contribution in [3.63, 3.8) is 0 Å². The molecule has 0 spiro atoms. The fraction of sp³-hybridized carbons (Fsp3) is 0.0732. The van der Waals surface area contributed by atoms with E-state index in [1.165, 1.54) is 48.5 Å². The Kier molecular flexibility index (Phi) is 11.8. The molecule has 7 rings (SSSR count). The van der Waals surface area contributed by atoms with Gasteiger partial charge in [0.1, 0.15) is 9.79 Å². The summed E-state index contributed by atoms with van der Waals surface area (Å²) in [6, 6.07) is 26.4. The molecule has 0 fully saturated rings. The molecule has 1 heterocycles. The Labute approximate surface area is 357 Å². The lowest BCUT2D eigenvalue weighted by atomic mass is 10.1. The largest absolute Gasteiger partial charge is 0.493 e. The third-order valence-electron chi connectivity index (χ3n) is 9.26. The molecule has 6 N–H and O–H groups in total. The number of benzene rings is 6. The maximum Gasteiger partial charge on any atom is 0.355 e. The summed E-state index contributed by atoms with van der Waals surface area (Å²) in [4.78, 5) is 28.0. The number of nitrogens with two attached hydrogens (primary N) is 1. The van der Waals surface area contributed by atoms with Crippen molar-refractivity contribution in [1.82, 2.24) is 0 Å². The molecule has 20 nitrogen and oxygen atoms in total. The number of carboxylic acids is 1. The van der Waals surface area contributed by atoms with Gasteiger partial charge in [-0.3, -0.25) is 13.9 Å². The summed E-state index contributed by atoms with van der Waals surface area (Å²) in [6.45, 7) is 3.50. The van der Waals surface area contributed by atoms with E-state index in [4.69, 9.17) is 5.73 Å². The molecule has 6 aromatic carbocycles. The second-order valence-corrected chi connectivity index (χ2v) is 16.5. The van der Waals surface area contributed by atoms with Crippen molar-refractivity contribution in [1.29, 1.82) is 0 Å². The Balaban J connectivity index is 1.02. The first-order chi connectivity index (χ1) is 29.8. The lowest BCUT2D eigenvalue weighted by Crippen LogP contribution is -2.33. The molecule has 63 heavy (non-hydrogen) atoms. The molecule has 1 aliphatic heterocycles. The Morgan fingerprint density at radius 1 is 0.651 bits per heavy atom. The van der Waals surface area contributed by atoms with Gasteiger partial charge in [-0.05, 0) is 122 Å². The highest BCUT2D eigenvalue weighted by molar-refractivity contribution is 7.86. The highest BCUT2D eigenvalue weighted by Crippen LogP contribution is 2.35. The monoisotopic (exact) mass is 888 g/mol. The van der Waals surface area contributed by atoms with E-state index < -0.39 is 53.7 Å². The quantitative estimate of drug-likeness (QED) is 0.0254. The number of rotatable bonds is 12. The van der Waals surface area contributed by atoms with Gasteiger partial charge in [-0.25, -0.2) is 9.79 Å². The van der Waals surface area contributed by atoms with Gasteiger partial charge in [0.2, 0.25) is 11.9 Å². The van der Waals surface area contributed by atoms with Crippen molar-refractivity contribution < 1.29 is 45.7 Å². The zero-order chi connectivity index (χ0) is 45.2. The van der Waals surface area contributed by atoms with E-state index in [0.717, 1.165) is 17.1 Å². The summed E-state index contributed by atoms with van der Waals surface area (Å²) >= 11 is 0. The number of carbonyl (C=O) groups excluding carboxylic acids is 1. The number of azo groups is 3. The number of hydrogen-bond donors (Lipinski definition) is 5. The third kappa shape index (κ3) is 9.68. The molecular weight excluding hydrogens is 857 g/mol. The van der Waals surface area contributed by atoms with Crippen LogP contribution in [0.25, 0.3) is 10.8 Å². The van der Waals surface area contributed by atoms with Crippen LogP contribution in [0.5, 0.6) is 0 Å². The van der Waals surface area contributed by atoms with Gasteiger partial charge in [0.15, 0.2) is 5.71 Å². The number of carbonyl (C=O) groups is 2. The summed E-state index contributed by atoms with van der Waals surface area (Å²) in [7, 11) is -9.59. The average Bonchev–Trinajstić information content (AvgIpc) is 3.57. The molecular formula is C41H32N10O10S2. The minimum Gasteiger partial charge on any atom is -0.493 e. The van der Waals surface area contributed by atoms with E-state index in [1.54, 1.807) is 68.4 Å². The molecule has 0 radical (unpaired) electrons. The molecule has 1 atom stereocenters. The standard InChI is InChI=1S/C41H32N10O10S2/c1-22-17-27(43-39(52)24-9-11-26(12-10-24)44-49-37-38(41(54)55)50-51(40(37)53)30-6-3-5-25(42)19-30)13-15-33(22)47-45-28-14-16-34(23(2)18-28)48-46-29-20-32-31(36(21-29)63(59,60)61)7-4-8-35(32)62(56,57)58/h3-21,37H,42H2,1-2H3,(H,43,52)(H,54,55)(H,56,57,58)(H,59,60,61). The van der Waals surface area contributed by atoms with E-state index in [9.17, 15) is 45.7 Å². The number of amides is 1. The molecule has 0 aliphatic carbocycles. The first-order valence-electron chi connectivity index (χ1n) is 18.2. The number of hydrazone groups is 1. The molecule has 1 aliphatic rings. The van der Waals surface area contributed by atoms with Crippen LogP contribution in [0.4, 0.5) is 45.5 Å². The van der Waals surface area contributed by atoms with Crippen molar-refractivity contribution in [2.45, 2.75) is 29.7 Å². The summed E-state index contributed by atoms with van der Waals surface area (Å²) in [5.41, 5.74) is 9.42. The van der Waals surface area contributed by atoms with Gasteiger partial charge in [-0.2, -0.15) is 57.6 Å². The summed E-state index contributed by atoms with van der Waals surface area (Å²) in [6.07, 6.45) is 0. The second-order valence-electron chi connectivity index (χ2n) is 13.7. The Morgan fingerprint density at radius 3 is 1.87 bits per heavy atom. The SMILES string of the molecule is Cc1cc(N=Nc2ccc(N=C(O)c3ccc(N=NC4C(=O)N(c5cccc(N)c5)N=C4C(=O)O)cc3)cc2C)ccc1N=Nc1cc(S(=O)(=O)O)c2cccc(S(=O)(=O)O)c2c1. The maximum atomic E-state index is 13.0. The second kappa shape index (κ2) is 17.2. The van der Waals surface area contributed by atoms with E-state index in [0.29, 0.717) is 45.1 Å². The number of anilines is 2. The predicted octanol–water partition coefficient (Wildman–Crippen LogP) is 8.94. The van der Waals surface area contributed by atoms with E-state index in [1.807, 2.05) is 0 Å². The van der Waals surface area contributed by atoms with Crippen molar-refractivity contribution in [2.75, 3.05) is 10.7 Å². The van der Waals surface area contributed by atoms with Crippen LogP contribution in [0.1, 0.15) is 16.7 Å². The van der Waals surface area contributed by atoms with Gasteiger partial charge in [-0.15, -0.1) is 0 Å². The van der Waals surface area contributed by atoms with Crippen LogP contribution in [-0.4, -0.2) is 65.7 Å². The average molecular weight is 889 g/mol. The number of aliphatic imine (C=N–C) groups is 1. The number of aliphatic hydroxyl groups is 1. The van der Waals surface area contributed by atoms with Gasteiger partial charge in [0, 0.05) is 22.0 Å². The van der Waals surface area contributed by atoms with Crippen molar-refractivity contribution >= 4 is 100.0 Å². The number of aliphatic hydroxyl groups excluding tert-OH is 1. The zero-order valence-corrected chi connectivity index (χ0v) is 34.3. The molecule has 6 aromatic rings. The van der Waals surface area contributed by atoms with Gasteiger partial charge in [0.25, 0.3) is 26.1 Å². The summed E-state index contributed by atoms with van der Waals surface area (Å²) in [5, 5.41) is 49.8. The van der Waals surface area contributed by atoms with Gasteiger partial charge < -0.3 is 15.9 Å². The van der Waals surface area contributed by atoms with Gasteiger partial charge >= 0.3 is 5.97 Å². The topological polar surface area (TPSA) is 311 Å². The maximum absolute atomic E-state index is 13.0. The van der Waals surface area contributed by atoms with E-state index >= 15 is 0 Å². The molecule has 1 unspecified atom stereocenters. The smallest absolute Gasteiger partial charge is 0.355 e. The van der Waals surface area contributed by atoms with E-state index in [-0.39, 0.29) is 33.7 Å². The number of hydrogen-bond acceptors (Lipinski definition) is 15. The number of aryl methyl sites for hydroxylation is 2.